The molecule has 1 atom stereocenters. The van der Waals surface area contributed by atoms with Crippen molar-refractivity contribution in [3.05, 3.63) is 0 Å². The smallest absolute Gasteiger partial charge is 0.249 e. The number of nitrogens with one attached hydrogen (secondary N) is 2. The van der Waals surface area contributed by atoms with Crippen LogP contribution in [0.3, 0.4) is 0 Å². The Morgan fingerprint density at radius 3 is 2.32 bits per heavy atom. The number of carbonyl (C=O) groups excluding carboxylic acids is 1. The highest BCUT2D eigenvalue weighted by atomic mass is 16.5. The zero-order chi connectivity index (χ0) is 14.5. The van der Waals surface area contributed by atoms with E-state index in [1.165, 1.54) is 0 Å². The van der Waals surface area contributed by atoms with E-state index in [0.29, 0.717) is 6.04 Å². The first kappa shape index (κ1) is 16.4. The summed E-state index contributed by atoms with van der Waals surface area (Å²) in [5.74, 6) is -0.0127. The number of hydrogen-bond acceptors (Lipinski definition) is 3. The molecule has 0 aromatic carbocycles. The van der Waals surface area contributed by atoms with Crippen LogP contribution in [-0.4, -0.2) is 36.2 Å². The van der Waals surface area contributed by atoms with Crippen LogP contribution in [0.2, 0.25) is 0 Å². The van der Waals surface area contributed by atoms with E-state index >= 15 is 0 Å². The minimum absolute atomic E-state index is 0.0127. The summed E-state index contributed by atoms with van der Waals surface area (Å²) < 4.78 is 5.89. The lowest BCUT2D eigenvalue weighted by atomic mass is 9.93. The molecule has 1 unspecified atom stereocenters. The van der Waals surface area contributed by atoms with Crippen LogP contribution < -0.4 is 10.6 Å². The fraction of sp³-hybridized carbons (Fsp3) is 0.933. The molecule has 1 aliphatic carbocycles. The predicted molar refractivity (Wildman–Crippen MR) is 78.2 cm³/mol. The molecule has 0 spiro atoms. The first-order valence-electron chi connectivity index (χ1n) is 7.52. The molecule has 1 rings (SSSR count). The minimum atomic E-state index is -0.361. The van der Waals surface area contributed by atoms with Crippen LogP contribution in [0.4, 0.5) is 0 Å². The van der Waals surface area contributed by atoms with Gasteiger partial charge in [0.1, 0.15) is 6.10 Å². The highest BCUT2D eigenvalue weighted by Crippen LogP contribution is 2.22. The van der Waals surface area contributed by atoms with Gasteiger partial charge in [-0.1, -0.05) is 6.92 Å². The SMILES string of the molecule is CCNC1CCC(OC(C)C(=O)NC(C)(C)C)CC1. The van der Waals surface area contributed by atoms with Gasteiger partial charge in [0.15, 0.2) is 0 Å². The molecule has 0 radical (unpaired) electrons. The molecule has 1 fully saturated rings. The van der Waals surface area contributed by atoms with Gasteiger partial charge in [0.2, 0.25) is 5.91 Å². The van der Waals surface area contributed by atoms with Crippen molar-refractivity contribution < 1.29 is 9.53 Å². The number of carbonyl (C=O) groups is 1. The van der Waals surface area contributed by atoms with Crippen molar-refractivity contribution in [2.24, 2.45) is 0 Å². The third-order valence-corrected chi connectivity index (χ3v) is 3.43. The Bertz CT molecular complexity index is 278. The highest BCUT2D eigenvalue weighted by molar-refractivity contribution is 5.81. The van der Waals surface area contributed by atoms with Gasteiger partial charge in [0, 0.05) is 11.6 Å². The number of amides is 1. The third-order valence-electron chi connectivity index (χ3n) is 3.43. The molecule has 4 nitrogen and oxygen atoms in total. The third kappa shape index (κ3) is 6.39. The van der Waals surface area contributed by atoms with Crippen molar-refractivity contribution >= 4 is 5.91 Å². The van der Waals surface area contributed by atoms with Gasteiger partial charge in [0.05, 0.1) is 6.10 Å². The molecule has 0 saturated heterocycles. The molecule has 19 heavy (non-hydrogen) atoms. The zero-order valence-corrected chi connectivity index (χ0v) is 13.1. The Hall–Kier alpha value is -0.610. The van der Waals surface area contributed by atoms with Crippen molar-refractivity contribution in [3.8, 4) is 0 Å². The van der Waals surface area contributed by atoms with Crippen molar-refractivity contribution in [1.29, 1.82) is 0 Å². The van der Waals surface area contributed by atoms with E-state index < -0.39 is 0 Å². The van der Waals surface area contributed by atoms with Crippen LogP contribution in [0.25, 0.3) is 0 Å². The van der Waals surface area contributed by atoms with Gasteiger partial charge >= 0.3 is 0 Å². The lowest BCUT2D eigenvalue weighted by Gasteiger charge is -2.31. The van der Waals surface area contributed by atoms with Gasteiger partial charge in [-0.2, -0.15) is 0 Å². The fourth-order valence-corrected chi connectivity index (χ4v) is 2.51. The van der Waals surface area contributed by atoms with Crippen LogP contribution in [0.15, 0.2) is 0 Å². The molecule has 0 aromatic rings. The minimum Gasteiger partial charge on any atom is -0.365 e. The molecule has 1 saturated carbocycles. The van der Waals surface area contributed by atoms with Crippen molar-refractivity contribution in [2.45, 2.75) is 84.1 Å². The number of hydrogen-bond donors (Lipinski definition) is 2. The molecule has 4 heteroatoms. The first-order chi connectivity index (χ1) is 8.81. The molecular weight excluding hydrogens is 240 g/mol. The van der Waals surface area contributed by atoms with E-state index in [9.17, 15) is 4.79 Å². The molecule has 1 amide bonds. The van der Waals surface area contributed by atoms with E-state index in [4.69, 9.17) is 4.74 Å². The monoisotopic (exact) mass is 270 g/mol. The molecule has 0 bridgehead atoms. The molecule has 0 heterocycles. The molecule has 2 N–H and O–H groups in total. The van der Waals surface area contributed by atoms with E-state index in [0.717, 1.165) is 32.2 Å². The Morgan fingerprint density at radius 2 is 1.84 bits per heavy atom. The Morgan fingerprint density at radius 1 is 1.26 bits per heavy atom. The van der Waals surface area contributed by atoms with E-state index in [1.807, 2.05) is 27.7 Å². The van der Waals surface area contributed by atoms with Crippen LogP contribution >= 0.6 is 0 Å². The summed E-state index contributed by atoms with van der Waals surface area (Å²) in [6.07, 6.45) is 4.25. The summed E-state index contributed by atoms with van der Waals surface area (Å²) in [4.78, 5) is 12.0. The second-order valence-corrected chi connectivity index (χ2v) is 6.55. The summed E-state index contributed by atoms with van der Waals surface area (Å²) in [5, 5.41) is 6.44. The predicted octanol–water partition coefficient (Wildman–Crippen LogP) is 2.23. The standard InChI is InChI=1S/C15H30N2O2/c1-6-16-12-7-9-13(10-8-12)19-11(2)14(18)17-15(3,4)5/h11-13,16H,6-10H2,1-5H3,(H,17,18). The largest absolute Gasteiger partial charge is 0.365 e. The van der Waals surface area contributed by atoms with Gasteiger partial charge in [-0.25, -0.2) is 0 Å². The first-order valence-corrected chi connectivity index (χ1v) is 7.52. The molecule has 1 aliphatic rings. The molecular formula is C15H30N2O2. The van der Waals surface area contributed by atoms with Gasteiger partial charge in [-0.05, 0) is 59.9 Å². The van der Waals surface area contributed by atoms with Gasteiger partial charge in [-0.15, -0.1) is 0 Å². The summed E-state index contributed by atoms with van der Waals surface area (Å²) in [6.45, 7) is 11.0. The second-order valence-electron chi connectivity index (χ2n) is 6.55. The highest BCUT2D eigenvalue weighted by Gasteiger charge is 2.26. The summed E-state index contributed by atoms with van der Waals surface area (Å²) >= 11 is 0. The average molecular weight is 270 g/mol. The molecule has 0 aromatic heterocycles. The van der Waals surface area contributed by atoms with E-state index in [2.05, 4.69) is 17.6 Å². The molecule has 0 aliphatic heterocycles. The van der Waals surface area contributed by atoms with Crippen LogP contribution in [-0.2, 0) is 9.53 Å². The number of ether oxygens (including phenoxy) is 1. The topological polar surface area (TPSA) is 50.4 Å². The van der Waals surface area contributed by atoms with Gasteiger partial charge in [0.25, 0.3) is 0 Å². The Balaban J connectivity index is 2.30. The van der Waals surface area contributed by atoms with Crippen molar-refractivity contribution in [3.63, 3.8) is 0 Å². The summed E-state index contributed by atoms with van der Waals surface area (Å²) in [5.41, 5.74) is -0.197. The van der Waals surface area contributed by atoms with Crippen molar-refractivity contribution in [1.82, 2.24) is 10.6 Å². The van der Waals surface area contributed by atoms with Crippen LogP contribution in [0.5, 0.6) is 0 Å². The normalized spacial score (nSPS) is 25.9. The van der Waals surface area contributed by atoms with Crippen LogP contribution in [0, 0.1) is 0 Å². The van der Waals surface area contributed by atoms with Gasteiger partial charge < -0.3 is 15.4 Å². The summed E-state index contributed by atoms with van der Waals surface area (Å²) in [6, 6.07) is 0.628. The van der Waals surface area contributed by atoms with Crippen LogP contribution in [0.1, 0.15) is 60.3 Å². The number of rotatable bonds is 5. The summed E-state index contributed by atoms with van der Waals surface area (Å²) in [7, 11) is 0. The maximum Gasteiger partial charge on any atom is 0.249 e. The lowest BCUT2D eigenvalue weighted by molar-refractivity contribution is -0.138. The average Bonchev–Trinajstić information content (AvgIpc) is 2.29. The second kappa shape index (κ2) is 7.25. The Kier molecular flexibility index (Phi) is 6.27. The fourth-order valence-electron chi connectivity index (χ4n) is 2.51. The zero-order valence-electron chi connectivity index (χ0n) is 13.1. The Labute approximate surface area is 117 Å². The van der Waals surface area contributed by atoms with Crippen molar-refractivity contribution in [2.75, 3.05) is 6.54 Å². The van der Waals surface area contributed by atoms with E-state index in [-0.39, 0.29) is 23.7 Å². The quantitative estimate of drug-likeness (QED) is 0.805. The maximum absolute atomic E-state index is 12.0. The van der Waals surface area contributed by atoms with Gasteiger partial charge in [-0.3, -0.25) is 4.79 Å². The lowest BCUT2D eigenvalue weighted by Crippen LogP contribution is -2.47. The molecule has 112 valence electrons. The van der Waals surface area contributed by atoms with E-state index in [1.54, 1.807) is 0 Å². The maximum atomic E-state index is 12.0.